The molecule has 1 aliphatic heterocycles. The predicted octanol–water partition coefficient (Wildman–Crippen LogP) is 0.820. The Labute approximate surface area is 141 Å². The zero-order chi connectivity index (χ0) is 17.2. The van der Waals surface area contributed by atoms with Crippen LogP contribution < -0.4 is 4.72 Å². The van der Waals surface area contributed by atoms with Gasteiger partial charge in [-0.15, -0.1) is 0 Å². The van der Waals surface area contributed by atoms with E-state index in [1.165, 1.54) is 0 Å². The van der Waals surface area contributed by atoms with Crippen LogP contribution in [0.4, 0.5) is 0 Å². The Morgan fingerprint density at radius 2 is 2.21 bits per heavy atom. The van der Waals surface area contributed by atoms with E-state index in [0.29, 0.717) is 12.1 Å². The zero-order valence-electron chi connectivity index (χ0n) is 13.4. The maximum atomic E-state index is 11.2. The van der Waals surface area contributed by atoms with Gasteiger partial charge in [-0.25, -0.2) is 18.1 Å². The maximum absolute atomic E-state index is 11.2. The summed E-state index contributed by atoms with van der Waals surface area (Å²) in [5, 5.41) is 8.98. The van der Waals surface area contributed by atoms with E-state index in [2.05, 4.69) is 25.2 Å². The van der Waals surface area contributed by atoms with Crippen molar-refractivity contribution in [2.24, 2.45) is 0 Å². The summed E-state index contributed by atoms with van der Waals surface area (Å²) in [5.41, 5.74) is 2.50. The van der Waals surface area contributed by atoms with E-state index in [0.717, 1.165) is 43.0 Å². The van der Waals surface area contributed by atoms with Crippen molar-refractivity contribution in [1.29, 1.82) is 5.26 Å². The first-order valence-corrected chi connectivity index (χ1v) is 9.53. The molecule has 0 atom stereocenters. The van der Waals surface area contributed by atoms with Crippen LogP contribution in [0.3, 0.4) is 0 Å². The van der Waals surface area contributed by atoms with E-state index in [-0.39, 0.29) is 6.54 Å². The number of nitrogens with one attached hydrogen (secondary N) is 1. The van der Waals surface area contributed by atoms with Crippen LogP contribution in [-0.2, 0) is 36.2 Å². The number of hydrogen-bond donors (Lipinski definition) is 1. The molecule has 0 saturated carbocycles. The van der Waals surface area contributed by atoms with Crippen LogP contribution in [0.2, 0.25) is 0 Å². The number of nitrogens with zero attached hydrogens (tertiary/aromatic N) is 4. The summed E-state index contributed by atoms with van der Waals surface area (Å²) in [7, 11) is -3.22. The molecule has 0 unspecified atom stereocenters. The van der Waals surface area contributed by atoms with Crippen LogP contribution in [0.15, 0.2) is 30.5 Å². The van der Waals surface area contributed by atoms with E-state index in [1.54, 1.807) is 6.07 Å². The van der Waals surface area contributed by atoms with Crippen LogP contribution in [0.25, 0.3) is 0 Å². The Hall–Kier alpha value is -2.21. The second-order valence-electron chi connectivity index (χ2n) is 5.96. The number of fused-ring (bicyclic) bond motifs is 1. The van der Waals surface area contributed by atoms with Gasteiger partial charge in [0, 0.05) is 25.8 Å². The van der Waals surface area contributed by atoms with Gasteiger partial charge in [-0.2, -0.15) is 5.26 Å². The van der Waals surface area contributed by atoms with Crippen molar-refractivity contribution < 1.29 is 8.42 Å². The molecule has 0 radical (unpaired) electrons. The van der Waals surface area contributed by atoms with Gasteiger partial charge >= 0.3 is 0 Å². The number of imidazole rings is 1. The molecule has 0 fully saturated rings. The second-order valence-corrected chi connectivity index (χ2v) is 7.79. The van der Waals surface area contributed by atoms with E-state index in [1.807, 2.05) is 24.4 Å². The average molecular weight is 345 g/mol. The molecule has 0 spiro atoms. The van der Waals surface area contributed by atoms with E-state index < -0.39 is 10.0 Å². The van der Waals surface area contributed by atoms with Gasteiger partial charge in [0.2, 0.25) is 10.0 Å². The standard InChI is InChI=1S/C16H19N5O2S/c1-24(22,23)18-9-15-11-21-6-5-20(12-16(21)19-15)10-14-4-2-3-13(7-14)8-17/h2-4,7,11,18H,5-6,9-10,12H2,1H3. The van der Waals surface area contributed by atoms with Crippen LogP contribution in [0, 0.1) is 11.3 Å². The molecule has 8 heteroatoms. The fraction of sp³-hybridized carbons (Fsp3) is 0.375. The predicted molar refractivity (Wildman–Crippen MR) is 89.2 cm³/mol. The highest BCUT2D eigenvalue weighted by Gasteiger charge is 2.19. The average Bonchev–Trinajstić information content (AvgIpc) is 2.95. The lowest BCUT2D eigenvalue weighted by Gasteiger charge is -2.27. The molecule has 1 aromatic heterocycles. The molecule has 24 heavy (non-hydrogen) atoms. The monoisotopic (exact) mass is 345 g/mol. The first kappa shape index (κ1) is 16.6. The van der Waals surface area contributed by atoms with Crippen molar-refractivity contribution in [3.63, 3.8) is 0 Å². The summed E-state index contributed by atoms with van der Waals surface area (Å²) in [4.78, 5) is 6.79. The molecule has 126 valence electrons. The van der Waals surface area contributed by atoms with Crippen molar-refractivity contribution in [3.05, 3.63) is 53.1 Å². The van der Waals surface area contributed by atoms with Crippen molar-refractivity contribution >= 4 is 10.0 Å². The van der Waals surface area contributed by atoms with E-state index in [9.17, 15) is 8.42 Å². The summed E-state index contributed by atoms with van der Waals surface area (Å²) in [6, 6.07) is 9.78. The largest absolute Gasteiger partial charge is 0.332 e. The lowest BCUT2D eigenvalue weighted by Crippen LogP contribution is -2.33. The summed E-state index contributed by atoms with van der Waals surface area (Å²) in [6.45, 7) is 3.39. The number of sulfonamides is 1. The highest BCUT2D eigenvalue weighted by molar-refractivity contribution is 7.88. The topological polar surface area (TPSA) is 91.0 Å². The minimum Gasteiger partial charge on any atom is -0.332 e. The minimum absolute atomic E-state index is 0.211. The molecule has 1 aromatic carbocycles. The van der Waals surface area contributed by atoms with Crippen molar-refractivity contribution in [1.82, 2.24) is 19.2 Å². The first-order valence-electron chi connectivity index (χ1n) is 7.64. The highest BCUT2D eigenvalue weighted by atomic mass is 32.2. The van der Waals surface area contributed by atoms with Crippen molar-refractivity contribution in [3.8, 4) is 6.07 Å². The third-order valence-electron chi connectivity index (χ3n) is 3.91. The third kappa shape index (κ3) is 4.20. The summed E-state index contributed by atoms with van der Waals surface area (Å²) in [6.07, 6.45) is 3.04. The number of aromatic nitrogens is 2. The Morgan fingerprint density at radius 3 is 2.96 bits per heavy atom. The molecular formula is C16H19N5O2S. The molecule has 2 heterocycles. The van der Waals surface area contributed by atoms with Gasteiger partial charge in [-0.3, -0.25) is 4.90 Å². The number of hydrogen-bond acceptors (Lipinski definition) is 5. The third-order valence-corrected chi connectivity index (χ3v) is 4.58. The molecular weight excluding hydrogens is 326 g/mol. The van der Waals surface area contributed by atoms with Gasteiger partial charge in [0.15, 0.2) is 0 Å². The van der Waals surface area contributed by atoms with Gasteiger partial charge < -0.3 is 4.57 Å². The van der Waals surface area contributed by atoms with Crippen molar-refractivity contribution in [2.45, 2.75) is 26.2 Å². The van der Waals surface area contributed by atoms with Gasteiger partial charge in [0.05, 0.1) is 36.7 Å². The Kier molecular flexibility index (Phi) is 4.66. The van der Waals surface area contributed by atoms with E-state index in [4.69, 9.17) is 5.26 Å². The van der Waals surface area contributed by atoms with Crippen LogP contribution in [0.5, 0.6) is 0 Å². The molecule has 3 rings (SSSR count). The first-order chi connectivity index (χ1) is 11.4. The SMILES string of the molecule is CS(=O)(=O)NCc1cn2c(n1)CN(Cc1cccc(C#N)c1)CC2. The van der Waals surface area contributed by atoms with Gasteiger partial charge in [0.1, 0.15) is 5.82 Å². The molecule has 1 N–H and O–H groups in total. The van der Waals surface area contributed by atoms with Gasteiger partial charge in [-0.1, -0.05) is 12.1 Å². The lowest BCUT2D eigenvalue weighted by atomic mass is 10.1. The quantitative estimate of drug-likeness (QED) is 0.866. The summed E-state index contributed by atoms with van der Waals surface area (Å²) >= 11 is 0. The Morgan fingerprint density at radius 1 is 1.38 bits per heavy atom. The van der Waals surface area contributed by atoms with Crippen molar-refractivity contribution in [2.75, 3.05) is 12.8 Å². The molecule has 0 aliphatic carbocycles. The summed E-state index contributed by atoms with van der Waals surface area (Å²) < 4.78 is 26.9. The Bertz CT molecular complexity index is 882. The lowest BCUT2D eigenvalue weighted by molar-refractivity contribution is 0.209. The molecule has 0 bridgehead atoms. The molecule has 0 saturated heterocycles. The number of benzene rings is 1. The molecule has 7 nitrogen and oxygen atoms in total. The molecule has 2 aromatic rings. The normalized spacial score (nSPS) is 15.0. The maximum Gasteiger partial charge on any atom is 0.209 e. The fourth-order valence-corrected chi connectivity index (χ4v) is 3.19. The van der Waals surface area contributed by atoms with E-state index >= 15 is 0 Å². The number of rotatable bonds is 5. The molecule has 1 aliphatic rings. The van der Waals surface area contributed by atoms with Crippen LogP contribution in [0.1, 0.15) is 22.6 Å². The van der Waals surface area contributed by atoms with Crippen LogP contribution in [-0.4, -0.2) is 35.7 Å². The molecule has 0 amide bonds. The van der Waals surface area contributed by atoms with Gasteiger partial charge in [-0.05, 0) is 17.7 Å². The minimum atomic E-state index is -3.22. The summed E-state index contributed by atoms with van der Waals surface area (Å²) in [5.74, 6) is 0.933. The number of nitriles is 1. The zero-order valence-corrected chi connectivity index (χ0v) is 14.3. The van der Waals surface area contributed by atoms with Crippen LogP contribution >= 0.6 is 0 Å². The fourth-order valence-electron chi connectivity index (χ4n) is 2.78. The second kappa shape index (κ2) is 6.73. The van der Waals surface area contributed by atoms with Gasteiger partial charge in [0.25, 0.3) is 0 Å². The Balaban J connectivity index is 1.66. The highest BCUT2D eigenvalue weighted by Crippen LogP contribution is 2.16. The smallest absolute Gasteiger partial charge is 0.209 e.